The molecule has 2 atom stereocenters. The van der Waals surface area contributed by atoms with Crippen LogP contribution in [0.3, 0.4) is 0 Å². The summed E-state index contributed by atoms with van der Waals surface area (Å²) in [5, 5.41) is 2.88. The number of hydrogen-bond donors (Lipinski definition) is 1. The van der Waals surface area contributed by atoms with E-state index >= 15 is 0 Å². The van der Waals surface area contributed by atoms with Gasteiger partial charge in [-0.05, 0) is 79.6 Å². The molecule has 2 unspecified atom stereocenters. The third kappa shape index (κ3) is 6.08. The molecule has 2 rings (SSSR count). The van der Waals surface area contributed by atoms with Gasteiger partial charge in [0.1, 0.15) is 11.2 Å². The molecule has 0 saturated carbocycles. The number of nitrogens with one attached hydrogen (secondary N) is 1. The first-order chi connectivity index (χ1) is 11.4. The van der Waals surface area contributed by atoms with Crippen LogP contribution in [0.25, 0.3) is 0 Å². The Morgan fingerprint density at radius 3 is 1.96 bits per heavy atom. The molecule has 2 aliphatic heterocycles. The van der Waals surface area contributed by atoms with E-state index in [2.05, 4.69) is 5.32 Å². The zero-order valence-corrected chi connectivity index (χ0v) is 16.6. The van der Waals surface area contributed by atoms with E-state index in [4.69, 9.17) is 9.47 Å². The molecule has 2 saturated heterocycles. The minimum atomic E-state index is -0.485. The first-order valence-corrected chi connectivity index (χ1v) is 9.43. The SMILES string of the molecule is CC(C)(C)OC(=O)NCC1CC2CCCC(C1)N2C(=O)OC(C)(C)C. The van der Waals surface area contributed by atoms with E-state index in [-0.39, 0.29) is 24.3 Å². The van der Waals surface area contributed by atoms with E-state index in [9.17, 15) is 9.59 Å². The molecule has 0 aromatic rings. The fourth-order valence-electron chi connectivity index (χ4n) is 3.82. The Morgan fingerprint density at radius 1 is 0.960 bits per heavy atom. The average molecular weight is 354 g/mol. The van der Waals surface area contributed by atoms with Gasteiger partial charge in [-0.2, -0.15) is 0 Å². The molecule has 2 amide bonds. The van der Waals surface area contributed by atoms with Crippen molar-refractivity contribution in [3.63, 3.8) is 0 Å². The van der Waals surface area contributed by atoms with Gasteiger partial charge in [0.05, 0.1) is 0 Å². The van der Waals surface area contributed by atoms with Gasteiger partial charge in [0.2, 0.25) is 0 Å². The van der Waals surface area contributed by atoms with Gasteiger partial charge in [-0.3, -0.25) is 0 Å². The molecule has 6 heteroatoms. The molecule has 0 aromatic heterocycles. The van der Waals surface area contributed by atoms with E-state index in [1.54, 1.807) is 0 Å². The van der Waals surface area contributed by atoms with E-state index in [0.717, 1.165) is 32.1 Å². The Hall–Kier alpha value is -1.46. The van der Waals surface area contributed by atoms with Gasteiger partial charge in [0.15, 0.2) is 0 Å². The van der Waals surface area contributed by atoms with Gasteiger partial charge >= 0.3 is 12.2 Å². The fourth-order valence-corrected chi connectivity index (χ4v) is 3.82. The quantitative estimate of drug-likeness (QED) is 0.811. The summed E-state index contributed by atoms with van der Waals surface area (Å²) in [4.78, 5) is 26.4. The zero-order valence-electron chi connectivity index (χ0n) is 16.6. The van der Waals surface area contributed by atoms with Crippen molar-refractivity contribution in [2.45, 2.75) is 96.9 Å². The summed E-state index contributed by atoms with van der Waals surface area (Å²) < 4.78 is 10.9. The molecule has 0 aromatic carbocycles. The highest BCUT2D eigenvalue weighted by Crippen LogP contribution is 2.37. The lowest BCUT2D eigenvalue weighted by Gasteiger charge is -2.48. The summed E-state index contributed by atoms with van der Waals surface area (Å²) in [5.41, 5.74) is -0.957. The van der Waals surface area contributed by atoms with Gasteiger partial charge in [-0.25, -0.2) is 9.59 Å². The van der Waals surface area contributed by atoms with Crippen molar-refractivity contribution < 1.29 is 19.1 Å². The van der Waals surface area contributed by atoms with E-state index in [1.165, 1.54) is 0 Å². The Balaban J connectivity index is 1.90. The van der Waals surface area contributed by atoms with Crippen molar-refractivity contribution in [3.05, 3.63) is 0 Å². The lowest BCUT2D eigenvalue weighted by Crippen LogP contribution is -2.56. The van der Waals surface area contributed by atoms with Crippen molar-refractivity contribution in [1.29, 1.82) is 0 Å². The molecular formula is C19H34N2O4. The van der Waals surface area contributed by atoms with Crippen molar-refractivity contribution in [2.24, 2.45) is 5.92 Å². The molecule has 2 fully saturated rings. The second-order valence-electron chi connectivity index (χ2n) is 9.35. The van der Waals surface area contributed by atoms with Gasteiger partial charge in [-0.15, -0.1) is 0 Å². The standard InChI is InChI=1S/C19H34N2O4/c1-18(2,3)24-16(22)20-12-13-10-14-8-7-9-15(11-13)21(14)17(23)25-19(4,5)6/h13-15H,7-12H2,1-6H3,(H,20,22). The van der Waals surface area contributed by atoms with Crippen molar-refractivity contribution >= 4 is 12.2 Å². The minimum Gasteiger partial charge on any atom is -0.444 e. The highest BCUT2D eigenvalue weighted by Gasteiger charge is 2.42. The lowest BCUT2D eigenvalue weighted by atomic mass is 9.78. The smallest absolute Gasteiger partial charge is 0.410 e. The number of ether oxygens (including phenoxy) is 2. The minimum absolute atomic E-state index is 0.194. The summed E-state index contributed by atoms with van der Waals surface area (Å²) in [6.45, 7) is 11.9. The molecule has 0 spiro atoms. The van der Waals surface area contributed by atoms with Crippen molar-refractivity contribution in [3.8, 4) is 0 Å². The number of fused-ring (bicyclic) bond motifs is 2. The summed E-state index contributed by atoms with van der Waals surface area (Å²) in [6.07, 6.45) is 4.43. The van der Waals surface area contributed by atoms with Crippen LogP contribution in [0.15, 0.2) is 0 Å². The highest BCUT2D eigenvalue weighted by molar-refractivity contribution is 5.69. The normalized spacial score (nSPS) is 26.8. The van der Waals surface area contributed by atoms with Crippen LogP contribution in [0.1, 0.15) is 73.6 Å². The fraction of sp³-hybridized carbons (Fsp3) is 0.895. The van der Waals surface area contributed by atoms with Crippen LogP contribution in [-0.2, 0) is 9.47 Å². The predicted molar refractivity (Wildman–Crippen MR) is 96.5 cm³/mol. The van der Waals surface area contributed by atoms with Crippen LogP contribution in [0.4, 0.5) is 9.59 Å². The Kier molecular flexibility index (Phi) is 5.89. The number of amides is 2. The maximum Gasteiger partial charge on any atom is 0.410 e. The summed E-state index contributed by atoms with van der Waals surface area (Å²) in [7, 11) is 0. The maximum absolute atomic E-state index is 12.6. The van der Waals surface area contributed by atoms with Crippen LogP contribution in [0.2, 0.25) is 0 Å². The lowest BCUT2D eigenvalue weighted by molar-refractivity contribution is -0.0283. The summed E-state index contributed by atoms with van der Waals surface area (Å²) in [5.74, 6) is 0.376. The topological polar surface area (TPSA) is 67.9 Å². The van der Waals surface area contributed by atoms with Crippen LogP contribution in [0.5, 0.6) is 0 Å². The number of hydrogen-bond acceptors (Lipinski definition) is 4. The third-order valence-corrected chi connectivity index (χ3v) is 4.61. The zero-order chi connectivity index (χ0) is 18.8. The number of carbonyl (C=O) groups excluding carboxylic acids is 2. The molecular weight excluding hydrogens is 320 g/mol. The highest BCUT2D eigenvalue weighted by atomic mass is 16.6. The molecule has 144 valence electrons. The summed E-state index contributed by atoms with van der Waals surface area (Å²) >= 11 is 0. The second kappa shape index (κ2) is 7.42. The van der Waals surface area contributed by atoms with Gasteiger partial charge < -0.3 is 19.7 Å². The molecule has 2 aliphatic rings. The monoisotopic (exact) mass is 354 g/mol. The first kappa shape index (κ1) is 19.9. The second-order valence-corrected chi connectivity index (χ2v) is 9.35. The van der Waals surface area contributed by atoms with Gasteiger partial charge in [-0.1, -0.05) is 0 Å². The number of carbonyl (C=O) groups is 2. The molecule has 6 nitrogen and oxygen atoms in total. The first-order valence-electron chi connectivity index (χ1n) is 9.43. The molecule has 2 heterocycles. The molecule has 0 aliphatic carbocycles. The molecule has 2 bridgehead atoms. The van der Waals surface area contributed by atoms with E-state index in [0.29, 0.717) is 12.5 Å². The number of nitrogens with zero attached hydrogens (tertiary/aromatic N) is 1. The molecule has 1 N–H and O–H groups in total. The van der Waals surface area contributed by atoms with E-state index < -0.39 is 11.2 Å². The van der Waals surface area contributed by atoms with Crippen molar-refractivity contribution in [2.75, 3.05) is 6.54 Å². The average Bonchev–Trinajstić information content (AvgIpc) is 2.40. The Bertz CT molecular complexity index is 479. The van der Waals surface area contributed by atoms with Crippen LogP contribution < -0.4 is 5.32 Å². The maximum atomic E-state index is 12.6. The Labute approximate surface area is 151 Å². The number of alkyl carbamates (subject to hydrolysis) is 1. The van der Waals surface area contributed by atoms with Gasteiger partial charge in [0.25, 0.3) is 0 Å². The molecule has 0 radical (unpaired) electrons. The predicted octanol–water partition coefficient (Wildman–Crippen LogP) is 4.08. The Morgan fingerprint density at radius 2 is 1.48 bits per heavy atom. The number of rotatable bonds is 2. The van der Waals surface area contributed by atoms with E-state index in [1.807, 2.05) is 46.4 Å². The van der Waals surface area contributed by atoms with Crippen LogP contribution >= 0.6 is 0 Å². The summed E-state index contributed by atoms with van der Waals surface area (Å²) in [6, 6.07) is 0.431. The molecule has 25 heavy (non-hydrogen) atoms. The number of piperidine rings is 2. The van der Waals surface area contributed by atoms with Crippen LogP contribution in [-0.4, -0.2) is 46.9 Å². The van der Waals surface area contributed by atoms with Crippen LogP contribution in [0, 0.1) is 5.92 Å². The van der Waals surface area contributed by atoms with Gasteiger partial charge in [0, 0.05) is 18.6 Å². The third-order valence-electron chi connectivity index (χ3n) is 4.61. The largest absolute Gasteiger partial charge is 0.444 e. The van der Waals surface area contributed by atoms with Crippen molar-refractivity contribution in [1.82, 2.24) is 10.2 Å².